The first-order valence-corrected chi connectivity index (χ1v) is 5.75. The molecule has 2 aromatic heterocycles. The monoisotopic (exact) mass is 249 g/mol. The molecule has 3 N–H and O–H groups in total. The summed E-state index contributed by atoms with van der Waals surface area (Å²) in [5, 5.41) is 21.3. The molecule has 0 amide bonds. The van der Waals surface area contributed by atoms with Crippen molar-refractivity contribution >= 4 is 17.4 Å². The van der Waals surface area contributed by atoms with Crippen LogP contribution in [-0.4, -0.2) is 38.2 Å². The Kier molecular flexibility index (Phi) is 3.47. The van der Waals surface area contributed by atoms with Crippen molar-refractivity contribution < 1.29 is 15.0 Å². The molecule has 0 fully saturated rings. The second kappa shape index (κ2) is 5.05. The third-order valence-electron chi connectivity index (χ3n) is 2.79. The molecule has 0 spiro atoms. The minimum absolute atomic E-state index is 0.0660. The molecular weight excluding hydrogens is 234 g/mol. The number of pyridine rings is 1. The van der Waals surface area contributed by atoms with Gasteiger partial charge in [0.05, 0.1) is 12.6 Å². The van der Waals surface area contributed by atoms with E-state index in [1.807, 2.05) is 6.92 Å². The third kappa shape index (κ3) is 2.14. The highest BCUT2D eigenvalue weighted by Gasteiger charge is 2.19. The Hall–Kier alpha value is -2.08. The van der Waals surface area contributed by atoms with E-state index < -0.39 is 5.97 Å². The van der Waals surface area contributed by atoms with Crippen molar-refractivity contribution in [2.24, 2.45) is 0 Å². The molecule has 1 unspecified atom stereocenters. The fourth-order valence-electron chi connectivity index (χ4n) is 1.77. The lowest BCUT2D eigenvalue weighted by atomic mass is 10.2. The van der Waals surface area contributed by atoms with Crippen LogP contribution in [0.2, 0.25) is 0 Å². The van der Waals surface area contributed by atoms with Gasteiger partial charge in [0.25, 0.3) is 0 Å². The Bertz CT molecular complexity index is 561. The number of carboxylic acid groups (broad SMARTS) is 1. The first kappa shape index (κ1) is 12.4. The molecule has 6 nitrogen and oxygen atoms in total. The zero-order valence-corrected chi connectivity index (χ0v) is 10.00. The van der Waals surface area contributed by atoms with Gasteiger partial charge in [-0.15, -0.1) is 0 Å². The van der Waals surface area contributed by atoms with Crippen molar-refractivity contribution in [2.45, 2.75) is 19.4 Å². The van der Waals surface area contributed by atoms with E-state index in [1.54, 1.807) is 24.4 Å². The maximum absolute atomic E-state index is 11.3. The molecule has 0 saturated carbocycles. The number of hydrogen-bond acceptors (Lipinski definition) is 4. The maximum atomic E-state index is 11.3. The molecule has 0 aliphatic heterocycles. The van der Waals surface area contributed by atoms with E-state index in [4.69, 9.17) is 5.11 Å². The second-order valence-corrected chi connectivity index (χ2v) is 3.98. The molecule has 0 saturated heterocycles. The van der Waals surface area contributed by atoms with Crippen LogP contribution >= 0.6 is 0 Å². The van der Waals surface area contributed by atoms with Crippen LogP contribution in [-0.2, 0) is 0 Å². The van der Waals surface area contributed by atoms with Crippen LogP contribution in [0.1, 0.15) is 23.8 Å². The van der Waals surface area contributed by atoms with Crippen molar-refractivity contribution in [2.75, 3.05) is 11.9 Å². The number of fused-ring (bicyclic) bond motifs is 1. The molecule has 0 aliphatic carbocycles. The van der Waals surface area contributed by atoms with Gasteiger partial charge in [-0.25, -0.2) is 9.78 Å². The molecule has 6 heteroatoms. The Morgan fingerprint density at radius 2 is 2.33 bits per heavy atom. The normalized spacial score (nSPS) is 12.6. The average Bonchev–Trinajstić information content (AvgIpc) is 2.73. The highest BCUT2D eigenvalue weighted by molar-refractivity contribution is 5.93. The summed E-state index contributed by atoms with van der Waals surface area (Å²) in [5.74, 6) is -0.765. The summed E-state index contributed by atoms with van der Waals surface area (Å²) < 4.78 is 1.51. The lowest BCUT2D eigenvalue weighted by Crippen LogP contribution is -2.24. The van der Waals surface area contributed by atoms with Crippen LogP contribution in [0, 0.1) is 0 Å². The van der Waals surface area contributed by atoms with Gasteiger partial charge in [0.15, 0.2) is 11.5 Å². The van der Waals surface area contributed by atoms with Gasteiger partial charge >= 0.3 is 5.97 Å². The summed E-state index contributed by atoms with van der Waals surface area (Å²) in [5.41, 5.74) is 0.641. The van der Waals surface area contributed by atoms with Gasteiger partial charge in [-0.3, -0.25) is 4.40 Å². The minimum Gasteiger partial charge on any atom is -0.476 e. The molecule has 2 rings (SSSR count). The molecule has 1 atom stereocenters. The highest BCUT2D eigenvalue weighted by Crippen LogP contribution is 2.18. The van der Waals surface area contributed by atoms with Gasteiger partial charge in [0.1, 0.15) is 5.65 Å². The van der Waals surface area contributed by atoms with Crippen LogP contribution in [0.5, 0.6) is 0 Å². The lowest BCUT2D eigenvalue weighted by Gasteiger charge is -2.13. The SMILES string of the molecule is CCC(CO)Nc1nc2ccccn2c1C(=O)O. The van der Waals surface area contributed by atoms with Crippen molar-refractivity contribution in [1.29, 1.82) is 0 Å². The van der Waals surface area contributed by atoms with Gasteiger partial charge in [-0.05, 0) is 18.6 Å². The quantitative estimate of drug-likeness (QED) is 0.741. The average molecular weight is 249 g/mol. The molecule has 18 heavy (non-hydrogen) atoms. The summed E-state index contributed by atoms with van der Waals surface area (Å²) in [4.78, 5) is 15.5. The van der Waals surface area contributed by atoms with Gasteiger partial charge in [-0.2, -0.15) is 0 Å². The van der Waals surface area contributed by atoms with Crippen LogP contribution in [0.25, 0.3) is 5.65 Å². The number of aliphatic hydroxyl groups excluding tert-OH is 1. The van der Waals surface area contributed by atoms with Gasteiger partial charge in [0.2, 0.25) is 0 Å². The third-order valence-corrected chi connectivity index (χ3v) is 2.79. The summed E-state index contributed by atoms with van der Waals surface area (Å²) in [6.07, 6.45) is 2.33. The predicted molar refractivity (Wildman–Crippen MR) is 66.9 cm³/mol. The Labute approximate surface area is 104 Å². The zero-order valence-electron chi connectivity index (χ0n) is 10.00. The largest absolute Gasteiger partial charge is 0.476 e. The van der Waals surface area contributed by atoms with Crippen molar-refractivity contribution in [3.8, 4) is 0 Å². The van der Waals surface area contributed by atoms with Crippen LogP contribution in [0.4, 0.5) is 5.82 Å². The van der Waals surface area contributed by atoms with Crippen LogP contribution < -0.4 is 5.32 Å². The van der Waals surface area contributed by atoms with E-state index in [0.29, 0.717) is 12.1 Å². The first-order valence-electron chi connectivity index (χ1n) is 5.75. The van der Waals surface area contributed by atoms with Gasteiger partial charge < -0.3 is 15.5 Å². The van der Waals surface area contributed by atoms with E-state index in [2.05, 4.69) is 10.3 Å². The van der Waals surface area contributed by atoms with E-state index >= 15 is 0 Å². The summed E-state index contributed by atoms with van der Waals surface area (Å²) in [6, 6.07) is 5.07. The summed E-state index contributed by atoms with van der Waals surface area (Å²) >= 11 is 0. The number of carbonyl (C=O) groups is 1. The number of imidazole rings is 1. The number of nitrogens with zero attached hydrogens (tertiary/aromatic N) is 2. The van der Waals surface area contributed by atoms with Crippen LogP contribution in [0.3, 0.4) is 0 Å². The molecule has 0 aromatic carbocycles. The Morgan fingerprint density at radius 1 is 1.56 bits per heavy atom. The lowest BCUT2D eigenvalue weighted by molar-refractivity contribution is 0.0690. The number of aromatic nitrogens is 2. The van der Waals surface area contributed by atoms with Gasteiger partial charge in [-0.1, -0.05) is 13.0 Å². The molecule has 2 aromatic rings. The minimum atomic E-state index is -1.05. The van der Waals surface area contributed by atoms with E-state index in [0.717, 1.165) is 0 Å². The van der Waals surface area contributed by atoms with Crippen molar-refractivity contribution in [3.63, 3.8) is 0 Å². The van der Waals surface area contributed by atoms with Crippen LogP contribution in [0.15, 0.2) is 24.4 Å². The van der Waals surface area contributed by atoms with E-state index in [9.17, 15) is 9.90 Å². The molecule has 0 bridgehead atoms. The number of carboxylic acids is 1. The first-order chi connectivity index (χ1) is 8.67. The predicted octanol–water partition coefficient (Wildman–Crippen LogP) is 1.22. The second-order valence-electron chi connectivity index (χ2n) is 3.98. The molecule has 0 aliphatic rings. The van der Waals surface area contributed by atoms with Gasteiger partial charge in [0, 0.05) is 6.20 Å². The molecule has 0 radical (unpaired) electrons. The zero-order chi connectivity index (χ0) is 13.1. The fraction of sp³-hybridized carbons (Fsp3) is 0.333. The number of aromatic carboxylic acids is 1. The van der Waals surface area contributed by atoms with E-state index in [-0.39, 0.29) is 24.2 Å². The standard InChI is InChI=1S/C12H15N3O3/c1-2-8(7-16)13-11-10(12(17)18)15-6-4-3-5-9(15)14-11/h3-6,8,13,16H,2,7H2,1H3,(H,17,18). The number of nitrogens with one attached hydrogen (secondary N) is 1. The number of hydrogen-bond donors (Lipinski definition) is 3. The molecule has 2 heterocycles. The topological polar surface area (TPSA) is 86.9 Å². The van der Waals surface area contributed by atoms with Crippen molar-refractivity contribution in [1.82, 2.24) is 9.38 Å². The number of anilines is 1. The van der Waals surface area contributed by atoms with Crippen molar-refractivity contribution in [3.05, 3.63) is 30.1 Å². The number of rotatable bonds is 5. The Morgan fingerprint density at radius 3 is 2.94 bits per heavy atom. The maximum Gasteiger partial charge on any atom is 0.356 e. The van der Waals surface area contributed by atoms with E-state index in [1.165, 1.54) is 4.40 Å². The highest BCUT2D eigenvalue weighted by atomic mass is 16.4. The fourth-order valence-corrected chi connectivity index (χ4v) is 1.77. The smallest absolute Gasteiger partial charge is 0.356 e. The molecular formula is C12H15N3O3. The Balaban J connectivity index is 2.49. The number of aliphatic hydroxyl groups is 1. The summed E-state index contributed by atoms with van der Waals surface area (Å²) in [7, 11) is 0. The summed E-state index contributed by atoms with van der Waals surface area (Å²) in [6.45, 7) is 1.84. The molecule has 96 valence electrons.